The number of nitrogens with zero attached hydrogens (tertiary/aromatic N) is 2. The van der Waals surface area contributed by atoms with Crippen LogP contribution in [-0.4, -0.2) is 30.8 Å². The Morgan fingerprint density at radius 3 is 2.68 bits per heavy atom. The van der Waals surface area contributed by atoms with Gasteiger partial charge in [0.25, 0.3) is 5.91 Å². The molecule has 5 nitrogen and oxygen atoms in total. The van der Waals surface area contributed by atoms with E-state index in [1.807, 2.05) is 24.3 Å². The summed E-state index contributed by atoms with van der Waals surface area (Å²) in [4.78, 5) is 14.6. The monoisotopic (exact) mass is 440 g/mol. The number of nitrogens with one attached hydrogen (secondary N) is 2. The van der Waals surface area contributed by atoms with Gasteiger partial charge in [-0.3, -0.25) is 4.79 Å². The summed E-state index contributed by atoms with van der Waals surface area (Å²) in [6.45, 7) is 14.2. The fourth-order valence-corrected chi connectivity index (χ4v) is 4.67. The molecule has 0 radical (unpaired) electrons. The first-order valence-corrected chi connectivity index (χ1v) is 11.2. The third-order valence-corrected chi connectivity index (χ3v) is 6.50. The van der Waals surface area contributed by atoms with Crippen LogP contribution in [0.25, 0.3) is 0 Å². The summed E-state index contributed by atoms with van der Waals surface area (Å²) in [6, 6.07) is 10.2. The Hall–Kier alpha value is -2.53. The van der Waals surface area contributed by atoms with Crippen molar-refractivity contribution >= 4 is 35.1 Å². The van der Waals surface area contributed by atoms with Crippen molar-refractivity contribution in [2.75, 3.05) is 23.3 Å². The van der Waals surface area contributed by atoms with Crippen LogP contribution in [0, 0.1) is 13.8 Å². The van der Waals surface area contributed by atoms with Crippen LogP contribution in [0.3, 0.4) is 0 Å². The van der Waals surface area contributed by atoms with Gasteiger partial charge in [-0.15, -0.1) is 0 Å². The second-order valence-electron chi connectivity index (χ2n) is 9.04. The van der Waals surface area contributed by atoms with Crippen LogP contribution in [-0.2, 0) is 4.79 Å². The molecule has 1 aliphatic rings. The van der Waals surface area contributed by atoms with Gasteiger partial charge in [0.15, 0.2) is 0 Å². The van der Waals surface area contributed by atoms with Gasteiger partial charge in [0.05, 0.1) is 17.8 Å². The lowest BCUT2D eigenvalue weighted by Gasteiger charge is -2.47. The predicted octanol–water partition coefficient (Wildman–Crippen LogP) is 5.63. The number of benzene rings is 2. The number of hydrazone groups is 1. The number of carbonyl (C=O) groups is 1. The maximum absolute atomic E-state index is 12.2. The van der Waals surface area contributed by atoms with Gasteiger partial charge in [0.1, 0.15) is 0 Å². The zero-order chi connectivity index (χ0) is 22.8. The van der Waals surface area contributed by atoms with E-state index in [0.717, 1.165) is 24.2 Å². The number of amides is 1. The SMILES string of the molecule is CCN1c2cc(Cl)c(/C=N\NC(=O)CNc3ccc(C)c(C)c3)cc2C(C)CC1(C)C. The lowest BCUT2D eigenvalue weighted by atomic mass is 9.79. The van der Waals surface area contributed by atoms with Crippen molar-refractivity contribution in [1.82, 2.24) is 5.43 Å². The lowest BCUT2D eigenvalue weighted by Crippen LogP contribution is -2.48. The van der Waals surface area contributed by atoms with Crippen LogP contribution in [0.4, 0.5) is 11.4 Å². The minimum absolute atomic E-state index is 0.0943. The Bertz CT molecular complexity index is 999. The highest BCUT2D eigenvalue weighted by molar-refractivity contribution is 6.33. The van der Waals surface area contributed by atoms with Crippen molar-refractivity contribution in [3.05, 3.63) is 57.6 Å². The molecule has 0 spiro atoms. The highest BCUT2D eigenvalue weighted by Gasteiger charge is 2.35. The number of fused-ring (bicyclic) bond motifs is 1. The summed E-state index contributed by atoms with van der Waals surface area (Å²) in [5.41, 5.74) is 9.27. The standard InChI is InChI=1S/C25H33ClN4O/c1-7-30-23-12-22(26)19(11-21(23)18(4)13-25(30,5)6)14-28-29-24(31)15-27-20-9-8-16(2)17(3)10-20/h8-12,14,18,27H,7,13,15H2,1-6H3,(H,29,31)/b28-14-. The van der Waals surface area contributed by atoms with Crippen molar-refractivity contribution in [3.63, 3.8) is 0 Å². The second kappa shape index (κ2) is 9.31. The van der Waals surface area contributed by atoms with Gasteiger partial charge < -0.3 is 10.2 Å². The fraction of sp³-hybridized carbons (Fsp3) is 0.440. The Labute approximate surface area is 190 Å². The highest BCUT2D eigenvalue weighted by Crippen LogP contribution is 2.44. The zero-order valence-electron chi connectivity index (χ0n) is 19.3. The van der Waals surface area contributed by atoms with Gasteiger partial charge in [-0.2, -0.15) is 5.10 Å². The normalized spacial score (nSPS) is 17.5. The number of aryl methyl sites for hydroxylation is 2. The summed E-state index contributed by atoms with van der Waals surface area (Å²) in [5, 5.41) is 7.88. The van der Waals surface area contributed by atoms with E-state index in [9.17, 15) is 4.79 Å². The first-order valence-electron chi connectivity index (χ1n) is 10.9. The molecule has 1 aliphatic heterocycles. The molecule has 1 heterocycles. The first-order chi connectivity index (χ1) is 14.6. The molecule has 0 fully saturated rings. The molecule has 0 aromatic heterocycles. The highest BCUT2D eigenvalue weighted by atomic mass is 35.5. The van der Waals surface area contributed by atoms with Crippen molar-refractivity contribution in [2.45, 2.75) is 59.4 Å². The quantitative estimate of drug-likeness (QED) is 0.452. The average molecular weight is 441 g/mol. The molecule has 0 aliphatic carbocycles. The summed E-state index contributed by atoms with van der Waals surface area (Å²) >= 11 is 6.57. The molecule has 2 aromatic rings. The molecule has 31 heavy (non-hydrogen) atoms. The van der Waals surface area contributed by atoms with E-state index >= 15 is 0 Å². The average Bonchev–Trinajstić information content (AvgIpc) is 2.69. The molecule has 166 valence electrons. The summed E-state index contributed by atoms with van der Waals surface area (Å²) < 4.78 is 0. The minimum atomic E-state index is -0.212. The van der Waals surface area contributed by atoms with Gasteiger partial charge in [-0.1, -0.05) is 24.6 Å². The lowest BCUT2D eigenvalue weighted by molar-refractivity contribution is -0.119. The van der Waals surface area contributed by atoms with E-state index in [1.165, 1.54) is 22.4 Å². The second-order valence-corrected chi connectivity index (χ2v) is 9.45. The Morgan fingerprint density at radius 2 is 2.00 bits per heavy atom. The number of rotatable bonds is 6. The van der Waals surface area contributed by atoms with Crippen molar-refractivity contribution < 1.29 is 4.79 Å². The Balaban J connectivity index is 1.66. The van der Waals surface area contributed by atoms with E-state index in [1.54, 1.807) is 6.21 Å². The molecule has 0 bridgehead atoms. The number of halogens is 1. The minimum Gasteiger partial charge on any atom is -0.376 e. The van der Waals surface area contributed by atoms with Crippen LogP contribution >= 0.6 is 11.6 Å². The van der Waals surface area contributed by atoms with Crippen molar-refractivity contribution in [2.24, 2.45) is 5.10 Å². The van der Waals surface area contributed by atoms with Gasteiger partial charge in [0, 0.05) is 29.0 Å². The van der Waals surface area contributed by atoms with Crippen LogP contribution in [0.1, 0.15) is 62.3 Å². The summed E-state index contributed by atoms with van der Waals surface area (Å²) in [5.74, 6) is 0.213. The molecule has 2 N–H and O–H groups in total. The van der Waals surface area contributed by atoms with Crippen LogP contribution in [0.2, 0.25) is 5.02 Å². The van der Waals surface area contributed by atoms with Crippen LogP contribution < -0.4 is 15.6 Å². The topological polar surface area (TPSA) is 56.7 Å². The molecule has 1 amide bonds. The molecular weight excluding hydrogens is 408 g/mol. The number of hydrogen-bond acceptors (Lipinski definition) is 4. The molecule has 1 unspecified atom stereocenters. The summed E-state index contributed by atoms with van der Waals surface area (Å²) in [7, 11) is 0. The third kappa shape index (κ3) is 5.21. The number of hydrogen-bond donors (Lipinski definition) is 2. The molecule has 1 atom stereocenters. The molecule has 6 heteroatoms. The zero-order valence-corrected chi connectivity index (χ0v) is 20.1. The Kier molecular flexibility index (Phi) is 6.95. The van der Waals surface area contributed by atoms with E-state index < -0.39 is 0 Å². The van der Waals surface area contributed by atoms with Crippen molar-refractivity contribution in [1.29, 1.82) is 0 Å². The van der Waals surface area contributed by atoms with Crippen LogP contribution in [0.15, 0.2) is 35.4 Å². The largest absolute Gasteiger partial charge is 0.376 e. The van der Waals surface area contributed by atoms with Crippen LogP contribution in [0.5, 0.6) is 0 Å². The van der Waals surface area contributed by atoms with E-state index in [4.69, 9.17) is 11.6 Å². The molecular formula is C25H33ClN4O. The maximum Gasteiger partial charge on any atom is 0.259 e. The van der Waals surface area contributed by atoms with Gasteiger partial charge in [-0.05, 0) is 87.9 Å². The summed E-state index contributed by atoms with van der Waals surface area (Å²) in [6.07, 6.45) is 2.70. The third-order valence-electron chi connectivity index (χ3n) is 6.17. The molecule has 0 saturated heterocycles. The smallest absolute Gasteiger partial charge is 0.259 e. The van der Waals surface area contributed by atoms with E-state index in [-0.39, 0.29) is 18.0 Å². The fourth-order valence-electron chi connectivity index (χ4n) is 4.47. The van der Waals surface area contributed by atoms with Gasteiger partial charge in [-0.25, -0.2) is 5.43 Å². The van der Waals surface area contributed by atoms with Crippen molar-refractivity contribution in [3.8, 4) is 0 Å². The Morgan fingerprint density at radius 1 is 1.26 bits per heavy atom. The molecule has 2 aromatic carbocycles. The van der Waals surface area contributed by atoms with Gasteiger partial charge in [0.2, 0.25) is 0 Å². The first kappa shape index (κ1) is 23.1. The molecule has 3 rings (SSSR count). The number of carbonyl (C=O) groups excluding carboxylic acids is 1. The molecule has 0 saturated carbocycles. The van der Waals surface area contributed by atoms with Gasteiger partial charge >= 0.3 is 0 Å². The maximum atomic E-state index is 12.2. The number of anilines is 2. The van der Waals surface area contributed by atoms with E-state index in [2.05, 4.69) is 68.4 Å². The predicted molar refractivity (Wildman–Crippen MR) is 132 cm³/mol. The van der Waals surface area contributed by atoms with E-state index in [0.29, 0.717) is 10.9 Å².